The van der Waals surface area contributed by atoms with Crippen molar-refractivity contribution in [1.29, 1.82) is 0 Å². The molecule has 1 aromatic heterocycles. The van der Waals surface area contributed by atoms with E-state index in [4.69, 9.17) is 0 Å². The summed E-state index contributed by atoms with van der Waals surface area (Å²) in [5.74, 6) is 2.68. The van der Waals surface area contributed by atoms with Crippen LogP contribution in [0.4, 0.5) is 0 Å². The molecule has 0 radical (unpaired) electrons. The fourth-order valence-electron chi connectivity index (χ4n) is 3.23. The van der Waals surface area contributed by atoms with Gasteiger partial charge in [0.15, 0.2) is 11.8 Å². The molecule has 3 rings (SSSR count). The second-order valence-corrected chi connectivity index (χ2v) is 6.50. The molecule has 0 bridgehead atoms. The molecule has 0 amide bonds. The number of hydrogen-bond donors (Lipinski definition) is 2. The summed E-state index contributed by atoms with van der Waals surface area (Å²) in [4.78, 5) is 6.97. The third-order valence-electron chi connectivity index (χ3n) is 4.80. The summed E-state index contributed by atoms with van der Waals surface area (Å²) in [6, 6.07) is 1.98. The third-order valence-corrected chi connectivity index (χ3v) is 4.80. The lowest BCUT2D eigenvalue weighted by atomic mass is 10.2. The minimum atomic E-state index is 0. The van der Waals surface area contributed by atoms with Gasteiger partial charge in [0.2, 0.25) is 0 Å². The molecule has 2 aliphatic rings. The average molecular weight is 433 g/mol. The zero-order chi connectivity index (χ0) is 15.7. The topological polar surface area (TPSA) is 70.4 Å². The number of likely N-dealkylation sites (tertiary alicyclic amines) is 1. The Hall–Kier alpha value is -0.900. The molecule has 1 aliphatic carbocycles. The van der Waals surface area contributed by atoms with E-state index >= 15 is 0 Å². The predicted molar refractivity (Wildman–Crippen MR) is 102 cm³/mol. The van der Waals surface area contributed by atoms with Crippen LogP contribution in [0.15, 0.2) is 4.99 Å². The van der Waals surface area contributed by atoms with Crippen LogP contribution in [0.5, 0.6) is 0 Å². The molecule has 0 aromatic carbocycles. The number of aliphatic imine (C=N–C) groups is 1. The van der Waals surface area contributed by atoms with Crippen molar-refractivity contribution in [2.24, 2.45) is 12.0 Å². The molecule has 1 aliphatic heterocycles. The van der Waals surface area contributed by atoms with Gasteiger partial charge >= 0.3 is 0 Å². The lowest BCUT2D eigenvalue weighted by molar-refractivity contribution is 0.256. The molecule has 2 N–H and O–H groups in total. The van der Waals surface area contributed by atoms with E-state index in [1.807, 2.05) is 25.6 Å². The monoisotopic (exact) mass is 433 g/mol. The summed E-state index contributed by atoms with van der Waals surface area (Å²) in [6.45, 7) is 6.04. The van der Waals surface area contributed by atoms with Crippen LogP contribution in [0.3, 0.4) is 0 Å². The molecule has 1 saturated heterocycles. The highest BCUT2D eigenvalue weighted by Gasteiger charge is 2.38. The van der Waals surface area contributed by atoms with E-state index in [1.54, 1.807) is 0 Å². The lowest BCUT2D eigenvalue weighted by Crippen LogP contribution is -2.44. The van der Waals surface area contributed by atoms with Crippen LogP contribution >= 0.6 is 24.0 Å². The smallest absolute Gasteiger partial charge is 0.191 e. The van der Waals surface area contributed by atoms with E-state index in [9.17, 15) is 0 Å². The van der Waals surface area contributed by atoms with Crippen LogP contribution in [-0.4, -0.2) is 57.3 Å². The molecule has 2 fully saturated rings. The van der Waals surface area contributed by atoms with E-state index in [0.717, 1.165) is 30.2 Å². The number of guanidine groups is 1. The number of halogens is 1. The highest BCUT2D eigenvalue weighted by Crippen LogP contribution is 2.33. The Bertz CT molecular complexity index is 552. The van der Waals surface area contributed by atoms with Crippen LogP contribution in [-0.2, 0) is 13.6 Å². The van der Waals surface area contributed by atoms with Gasteiger partial charge in [-0.2, -0.15) is 0 Å². The lowest BCUT2D eigenvalue weighted by Gasteiger charge is -2.20. The number of aryl methyl sites for hydroxylation is 1. The molecule has 23 heavy (non-hydrogen) atoms. The van der Waals surface area contributed by atoms with Crippen LogP contribution < -0.4 is 10.6 Å². The van der Waals surface area contributed by atoms with Crippen molar-refractivity contribution in [1.82, 2.24) is 30.3 Å². The van der Waals surface area contributed by atoms with E-state index in [2.05, 4.69) is 37.6 Å². The molecule has 0 spiro atoms. The van der Waals surface area contributed by atoms with Gasteiger partial charge in [-0.05, 0) is 33.1 Å². The van der Waals surface area contributed by atoms with E-state index < -0.39 is 0 Å². The van der Waals surface area contributed by atoms with Crippen molar-refractivity contribution in [3.05, 3.63) is 11.6 Å². The molecule has 2 unspecified atom stereocenters. The second kappa shape index (κ2) is 7.78. The van der Waals surface area contributed by atoms with Gasteiger partial charge in [0, 0.05) is 38.8 Å². The SMILES string of the molecule is CN=C(NCc1nnc(C)n1C)NC1CC(C)N(C2CC2)C1.I. The minimum absolute atomic E-state index is 0. The van der Waals surface area contributed by atoms with Crippen molar-refractivity contribution in [3.63, 3.8) is 0 Å². The van der Waals surface area contributed by atoms with Gasteiger partial charge < -0.3 is 15.2 Å². The number of rotatable bonds is 4. The van der Waals surface area contributed by atoms with Gasteiger partial charge in [-0.25, -0.2) is 0 Å². The largest absolute Gasteiger partial charge is 0.352 e. The molecule has 2 heterocycles. The van der Waals surface area contributed by atoms with Gasteiger partial charge in [0.25, 0.3) is 0 Å². The van der Waals surface area contributed by atoms with Gasteiger partial charge in [0.05, 0.1) is 6.54 Å². The van der Waals surface area contributed by atoms with Crippen LogP contribution in [0, 0.1) is 6.92 Å². The molecule has 8 heteroatoms. The zero-order valence-corrected chi connectivity index (χ0v) is 16.7. The van der Waals surface area contributed by atoms with Gasteiger partial charge in [-0.1, -0.05) is 0 Å². The molecular formula is C15H28IN7. The van der Waals surface area contributed by atoms with Crippen LogP contribution in [0.25, 0.3) is 0 Å². The van der Waals surface area contributed by atoms with Crippen molar-refractivity contribution >= 4 is 29.9 Å². The highest BCUT2D eigenvalue weighted by molar-refractivity contribution is 14.0. The zero-order valence-electron chi connectivity index (χ0n) is 14.4. The maximum atomic E-state index is 4.33. The Labute approximate surface area is 155 Å². The second-order valence-electron chi connectivity index (χ2n) is 6.50. The number of nitrogens with one attached hydrogen (secondary N) is 2. The molecule has 130 valence electrons. The van der Waals surface area contributed by atoms with E-state index in [0.29, 0.717) is 18.6 Å². The Morgan fingerprint density at radius 1 is 1.35 bits per heavy atom. The number of hydrogen-bond acceptors (Lipinski definition) is 4. The molecule has 1 aromatic rings. The predicted octanol–water partition coefficient (Wildman–Crippen LogP) is 1.03. The fourth-order valence-corrected chi connectivity index (χ4v) is 3.23. The third kappa shape index (κ3) is 4.34. The maximum absolute atomic E-state index is 4.33. The number of nitrogens with zero attached hydrogens (tertiary/aromatic N) is 5. The Kier molecular flexibility index (Phi) is 6.24. The summed E-state index contributed by atoms with van der Waals surface area (Å²) >= 11 is 0. The first-order valence-electron chi connectivity index (χ1n) is 8.16. The van der Waals surface area contributed by atoms with Crippen molar-refractivity contribution in [2.75, 3.05) is 13.6 Å². The van der Waals surface area contributed by atoms with Crippen molar-refractivity contribution < 1.29 is 0 Å². The molecule has 2 atom stereocenters. The standard InChI is InChI=1S/C15H27N7.HI/c1-10-7-12(9-22(10)13-5-6-13)18-15(16-3)17-8-14-20-19-11(2)21(14)4;/h10,12-13H,5-9H2,1-4H3,(H2,16,17,18);1H. The Balaban J connectivity index is 0.00000192. The van der Waals surface area contributed by atoms with E-state index in [-0.39, 0.29) is 24.0 Å². The maximum Gasteiger partial charge on any atom is 0.191 e. The van der Waals surface area contributed by atoms with Gasteiger partial charge in [-0.3, -0.25) is 9.89 Å². The molecule has 1 saturated carbocycles. The van der Waals surface area contributed by atoms with Crippen LogP contribution in [0.1, 0.15) is 37.8 Å². The van der Waals surface area contributed by atoms with Gasteiger partial charge in [0.1, 0.15) is 5.82 Å². The van der Waals surface area contributed by atoms with Gasteiger partial charge in [-0.15, -0.1) is 34.2 Å². The summed E-state index contributed by atoms with van der Waals surface area (Å²) in [6.07, 6.45) is 3.92. The van der Waals surface area contributed by atoms with E-state index in [1.165, 1.54) is 19.3 Å². The highest BCUT2D eigenvalue weighted by atomic mass is 127. The fraction of sp³-hybridized carbons (Fsp3) is 0.800. The minimum Gasteiger partial charge on any atom is -0.352 e. The summed E-state index contributed by atoms with van der Waals surface area (Å²) in [7, 11) is 3.79. The quantitative estimate of drug-likeness (QED) is 0.422. The first kappa shape index (κ1) is 18.4. The summed E-state index contributed by atoms with van der Waals surface area (Å²) in [5.41, 5.74) is 0. The summed E-state index contributed by atoms with van der Waals surface area (Å²) in [5, 5.41) is 15.1. The molecule has 7 nitrogen and oxygen atoms in total. The van der Waals surface area contributed by atoms with Crippen molar-refractivity contribution in [2.45, 2.75) is 57.8 Å². The first-order valence-corrected chi connectivity index (χ1v) is 8.16. The van der Waals surface area contributed by atoms with Crippen LogP contribution in [0.2, 0.25) is 0 Å². The number of aromatic nitrogens is 3. The Morgan fingerprint density at radius 2 is 2.09 bits per heavy atom. The molecular weight excluding hydrogens is 405 g/mol. The summed E-state index contributed by atoms with van der Waals surface area (Å²) < 4.78 is 1.99. The normalized spacial score (nSPS) is 25.3. The van der Waals surface area contributed by atoms with Crippen molar-refractivity contribution in [3.8, 4) is 0 Å². The Morgan fingerprint density at radius 3 is 2.65 bits per heavy atom. The first-order chi connectivity index (χ1) is 10.6. The average Bonchev–Trinajstić information content (AvgIpc) is 3.21.